The molecule has 1 saturated heterocycles. The molecule has 208 valence electrons. The van der Waals surface area contributed by atoms with Crippen molar-refractivity contribution in [3.63, 3.8) is 0 Å². The summed E-state index contributed by atoms with van der Waals surface area (Å²) in [5.41, 5.74) is 2.19. The Morgan fingerprint density at radius 3 is 2.40 bits per heavy atom. The molecule has 2 aromatic carbocycles. The van der Waals surface area contributed by atoms with Gasteiger partial charge in [0.15, 0.2) is 5.13 Å². The van der Waals surface area contributed by atoms with Crippen molar-refractivity contribution in [3.05, 3.63) is 78.2 Å². The number of hydrogen-bond donors (Lipinski definition) is 1. The number of halogens is 1. The molecule has 0 bridgehead atoms. The molecule has 1 atom stereocenters. The number of rotatable bonds is 6. The van der Waals surface area contributed by atoms with Crippen LogP contribution in [0.2, 0.25) is 0 Å². The Labute approximate surface area is 237 Å². The highest BCUT2D eigenvalue weighted by atomic mass is 32.1. The van der Waals surface area contributed by atoms with E-state index in [9.17, 15) is 9.18 Å². The Hall–Kier alpha value is -4.05. The average Bonchev–Trinajstić information content (AvgIpc) is 3.38. The Bertz CT molecular complexity index is 1460. The van der Waals surface area contributed by atoms with Gasteiger partial charge in [-0.05, 0) is 51.5 Å². The molecule has 0 saturated carbocycles. The highest BCUT2D eigenvalue weighted by molar-refractivity contribution is 7.19. The van der Waals surface area contributed by atoms with E-state index in [0.717, 1.165) is 15.6 Å². The molecule has 0 radical (unpaired) electrons. The molecule has 1 unspecified atom stereocenters. The number of amides is 1. The van der Waals surface area contributed by atoms with Gasteiger partial charge in [-0.25, -0.2) is 24.1 Å². The first-order valence-electron chi connectivity index (χ1n) is 13.3. The minimum atomic E-state index is -0.544. The Morgan fingerprint density at radius 1 is 1.00 bits per heavy atom. The summed E-state index contributed by atoms with van der Waals surface area (Å²) in [6.07, 6.45) is 1.39. The van der Waals surface area contributed by atoms with Crippen LogP contribution in [0, 0.1) is 5.82 Å². The number of ether oxygens (including phenoxy) is 1. The quantitative estimate of drug-likeness (QED) is 0.283. The lowest BCUT2D eigenvalue weighted by Crippen LogP contribution is -2.50. The van der Waals surface area contributed by atoms with Gasteiger partial charge in [-0.2, -0.15) is 0 Å². The number of piperazine rings is 1. The van der Waals surface area contributed by atoms with E-state index in [4.69, 9.17) is 14.7 Å². The van der Waals surface area contributed by atoms with E-state index in [2.05, 4.69) is 34.3 Å². The van der Waals surface area contributed by atoms with Gasteiger partial charge in [0.25, 0.3) is 0 Å². The molecule has 4 aromatic rings. The summed E-state index contributed by atoms with van der Waals surface area (Å²) >= 11 is 1.46. The average molecular weight is 561 g/mol. The van der Waals surface area contributed by atoms with Gasteiger partial charge >= 0.3 is 6.09 Å². The number of carbonyl (C=O) groups excluding carboxylic acids is 1. The smallest absolute Gasteiger partial charge is 0.410 e. The van der Waals surface area contributed by atoms with Crippen molar-refractivity contribution in [2.24, 2.45) is 0 Å². The van der Waals surface area contributed by atoms with E-state index in [0.29, 0.717) is 49.1 Å². The van der Waals surface area contributed by atoms with Crippen LogP contribution in [0.25, 0.3) is 21.8 Å². The molecule has 1 aliphatic heterocycles. The van der Waals surface area contributed by atoms with Gasteiger partial charge in [0.1, 0.15) is 11.4 Å². The number of thiazole rings is 1. The maximum Gasteiger partial charge on any atom is 0.410 e. The summed E-state index contributed by atoms with van der Waals surface area (Å²) in [5, 5.41) is 4.12. The first-order chi connectivity index (χ1) is 19.2. The van der Waals surface area contributed by atoms with Crippen LogP contribution in [0.1, 0.15) is 39.3 Å². The number of anilines is 2. The number of nitrogens with zero attached hydrogens (tertiary/aromatic N) is 5. The predicted molar refractivity (Wildman–Crippen MR) is 157 cm³/mol. The normalized spacial score (nSPS) is 14.6. The van der Waals surface area contributed by atoms with Gasteiger partial charge < -0.3 is 19.9 Å². The van der Waals surface area contributed by atoms with Crippen molar-refractivity contribution in [2.45, 2.75) is 39.3 Å². The first kappa shape index (κ1) is 27.5. The lowest BCUT2D eigenvalue weighted by molar-refractivity contribution is 0.0240. The van der Waals surface area contributed by atoms with Gasteiger partial charge in [0, 0.05) is 37.9 Å². The van der Waals surface area contributed by atoms with E-state index >= 15 is 0 Å². The Morgan fingerprint density at radius 2 is 1.70 bits per heavy atom. The second-order valence-electron chi connectivity index (χ2n) is 10.7. The molecule has 2 aromatic heterocycles. The summed E-state index contributed by atoms with van der Waals surface area (Å²) in [5.74, 6) is 0.134. The molecule has 10 heteroatoms. The van der Waals surface area contributed by atoms with Crippen LogP contribution in [0.15, 0.2) is 66.9 Å². The summed E-state index contributed by atoms with van der Waals surface area (Å²) in [6.45, 7) is 9.84. The number of nitrogens with one attached hydrogen (secondary N) is 1. The van der Waals surface area contributed by atoms with Crippen LogP contribution < -0.4 is 10.2 Å². The van der Waals surface area contributed by atoms with Gasteiger partial charge in [-0.15, -0.1) is 0 Å². The van der Waals surface area contributed by atoms with Gasteiger partial charge in [-0.3, -0.25) is 0 Å². The molecule has 5 rings (SSSR count). The van der Waals surface area contributed by atoms with Crippen LogP contribution in [0.5, 0.6) is 0 Å². The van der Waals surface area contributed by atoms with E-state index in [1.54, 1.807) is 29.3 Å². The molecule has 0 spiro atoms. The number of aromatic nitrogens is 3. The number of hydrogen-bond acceptors (Lipinski definition) is 8. The van der Waals surface area contributed by atoms with Crippen molar-refractivity contribution >= 4 is 28.5 Å². The van der Waals surface area contributed by atoms with Crippen LogP contribution in [0.3, 0.4) is 0 Å². The molecule has 0 aliphatic carbocycles. The van der Waals surface area contributed by atoms with E-state index < -0.39 is 5.60 Å². The molecule has 40 heavy (non-hydrogen) atoms. The zero-order valence-corrected chi connectivity index (χ0v) is 23.9. The first-order valence-corrected chi connectivity index (χ1v) is 14.1. The maximum absolute atomic E-state index is 15.0. The third-order valence-corrected chi connectivity index (χ3v) is 7.62. The molecule has 1 N–H and O–H groups in total. The maximum atomic E-state index is 15.0. The van der Waals surface area contributed by atoms with Gasteiger partial charge in [-0.1, -0.05) is 53.8 Å². The van der Waals surface area contributed by atoms with Crippen molar-refractivity contribution in [1.29, 1.82) is 0 Å². The van der Waals surface area contributed by atoms with Gasteiger partial charge in [0.05, 0.1) is 22.3 Å². The fraction of sp³-hybridized carbons (Fsp3) is 0.333. The molecule has 1 amide bonds. The van der Waals surface area contributed by atoms with Crippen LogP contribution in [-0.2, 0) is 4.74 Å². The zero-order valence-electron chi connectivity index (χ0n) is 23.1. The summed E-state index contributed by atoms with van der Waals surface area (Å²) in [4.78, 5) is 31.2. The lowest BCUT2D eigenvalue weighted by atomic mass is 10.1. The minimum absolute atomic E-state index is 0.000721. The molecule has 3 heterocycles. The van der Waals surface area contributed by atoms with Crippen molar-refractivity contribution in [3.8, 4) is 21.8 Å². The highest BCUT2D eigenvalue weighted by Gasteiger charge is 2.28. The number of benzene rings is 2. The van der Waals surface area contributed by atoms with E-state index in [-0.39, 0.29) is 18.0 Å². The predicted octanol–water partition coefficient (Wildman–Crippen LogP) is 6.64. The molecule has 1 aliphatic rings. The van der Waals surface area contributed by atoms with Crippen molar-refractivity contribution in [1.82, 2.24) is 19.9 Å². The molecule has 8 nitrogen and oxygen atoms in total. The largest absolute Gasteiger partial charge is 0.444 e. The minimum Gasteiger partial charge on any atom is -0.444 e. The summed E-state index contributed by atoms with van der Waals surface area (Å²) in [6, 6.07) is 18.5. The molecular formula is C30H33FN6O2S. The fourth-order valence-electron chi connectivity index (χ4n) is 4.43. The third kappa shape index (κ3) is 6.39. The molecule has 1 fully saturated rings. The third-order valence-electron chi connectivity index (χ3n) is 6.48. The molecular weight excluding hydrogens is 527 g/mol. The van der Waals surface area contributed by atoms with Crippen LogP contribution in [-0.4, -0.2) is 57.7 Å². The van der Waals surface area contributed by atoms with E-state index in [1.807, 2.05) is 45.0 Å². The Kier molecular flexibility index (Phi) is 7.97. The van der Waals surface area contributed by atoms with Gasteiger partial charge in [0.2, 0.25) is 5.95 Å². The standard InChI is InChI=1S/C30H33FN6O2S/c1-20(21-10-6-5-7-11-21)33-27-32-15-14-24(34-27)26-25(22-12-8-9-13-23(22)31)35-28(40-26)36-16-18-37(19-17-36)29(38)39-30(2,3)4/h5-15,20H,16-19H2,1-4H3,(H,32,33,34). The van der Waals surface area contributed by atoms with Crippen LogP contribution >= 0.6 is 11.3 Å². The number of carbonyl (C=O) groups is 1. The monoisotopic (exact) mass is 560 g/mol. The highest BCUT2D eigenvalue weighted by Crippen LogP contribution is 2.41. The summed E-state index contributed by atoms with van der Waals surface area (Å²) < 4.78 is 20.5. The fourth-order valence-corrected chi connectivity index (χ4v) is 5.54. The SMILES string of the molecule is CC(Nc1nccc(-c2sc(N3CCN(C(=O)OC(C)(C)C)CC3)nc2-c2ccccc2F)n1)c1ccccc1. The second-order valence-corrected chi connectivity index (χ2v) is 11.6. The van der Waals surface area contributed by atoms with Crippen molar-refractivity contribution in [2.75, 3.05) is 36.4 Å². The summed E-state index contributed by atoms with van der Waals surface area (Å²) in [7, 11) is 0. The lowest BCUT2D eigenvalue weighted by Gasteiger charge is -2.35. The van der Waals surface area contributed by atoms with Crippen LogP contribution in [0.4, 0.5) is 20.3 Å². The Balaban J connectivity index is 1.42. The van der Waals surface area contributed by atoms with E-state index in [1.165, 1.54) is 17.4 Å². The topological polar surface area (TPSA) is 83.5 Å². The second kappa shape index (κ2) is 11.6. The zero-order chi connectivity index (χ0) is 28.3. The van der Waals surface area contributed by atoms with Crippen molar-refractivity contribution < 1.29 is 13.9 Å².